The highest BCUT2D eigenvalue weighted by Crippen LogP contribution is 2.32. The lowest BCUT2D eigenvalue weighted by atomic mass is 9.95. The minimum Gasteiger partial charge on any atom is -0.468 e. The van der Waals surface area contributed by atoms with Crippen molar-refractivity contribution in [3.05, 3.63) is 28.8 Å². The van der Waals surface area contributed by atoms with E-state index in [0.29, 0.717) is 22.8 Å². The number of halogens is 1. The van der Waals surface area contributed by atoms with Gasteiger partial charge >= 0.3 is 5.97 Å². The number of Topliss-reactive ketones (excluding diaryl/α,β-unsaturated/α-hetero) is 1. The van der Waals surface area contributed by atoms with Gasteiger partial charge in [0.2, 0.25) is 5.91 Å². The Labute approximate surface area is 134 Å². The summed E-state index contributed by atoms with van der Waals surface area (Å²) < 4.78 is 4.66. The van der Waals surface area contributed by atoms with E-state index >= 15 is 0 Å². The van der Waals surface area contributed by atoms with Crippen molar-refractivity contribution in [3.63, 3.8) is 0 Å². The summed E-state index contributed by atoms with van der Waals surface area (Å²) in [6, 6.07) is 4.75. The van der Waals surface area contributed by atoms with Gasteiger partial charge in [-0.25, -0.2) is 0 Å². The van der Waals surface area contributed by atoms with Gasteiger partial charge in [-0.1, -0.05) is 24.9 Å². The fourth-order valence-corrected chi connectivity index (χ4v) is 2.70. The molecule has 1 atom stereocenters. The van der Waals surface area contributed by atoms with Gasteiger partial charge < -0.3 is 9.64 Å². The zero-order valence-electron chi connectivity index (χ0n) is 12.6. The minimum atomic E-state index is -1.09. The van der Waals surface area contributed by atoms with Gasteiger partial charge in [0.15, 0.2) is 5.78 Å². The Balaban J connectivity index is 2.51. The van der Waals surface area contributed by atoms with Crippen molar-refractivity contribution >= 4 is 34.9 Å². The molecule has 0 saturated heterocycles. The van der Waals surface area contributed by atoms with Gasteiger partial charge in [-0.15, -0.1) is 0 Å². The summed E-state index contributed by atoms with van der Waals surface area (Å²) in [5.41, 5.74) is 0.809. The summed E-state index contributed by atoms with van der Waals surface area (Å²) in [5, 5.41) is 0.442. The molecule has 118 valence electrons. The molecule has 0 spiro atoms. The normalized spacial score (nSPS) is 18.0. The van der Waals surface area contributed by atoms with Gasteiger partial charge in [0.05, 0.1) is 12.8 Å². The number of unbranched alkanes of at least 4 members (excludes halogenated alkanes) is 1. The van der Waals surface area contributed by atoms with Crippen LogP contribution in [0.5, 0.6) is 0 Å². The van der Waals surface area contributed by atoms with Crippen molar-refractivity contribution in [2.75, 3.05) is 18.6 Å². The lowest BCUT2D eigenvalue weighted by Crippen LogP contribution is -2.33. The quantitative estimate of drug-likeness (QED) is 0.631. The number of fused-ring (bicyclic) bond motifs is 1. The molecular weight excluding hydrogens is 306 g/mol. The number of nitrogens with zero attached hydrogens (tertiary/aromatic N) is 1. The predicted octanol–water partition coefficient (Wildman–Crippen LogP) is 2.85. The zero-order valence-corrected chi connectivity index (χ0v) is 13.4. The molecule has 0 radical (unpaired) electrons. The molecule has 0 aliphatic carbocycles. The number of ketones is 1. The maximum absolute atomic E-state index is 12.6. The van der Waals surface area contributed by atoms with Crippen LogP contribution in [0.15, 0.2) is 18.2 Å². The van der Waals surface area contributed by atoms with Gasteiger partial charge in [0.1, 0.15) is 5.92 Å². The summed E-state index contributed by atoms with van der Waals surface area (Å²) in [5.74, 6) is -2.44. The molecule has 0 saturated carbocycles. The van der Waals surface area contributed by atoms with E-state index in [-0.39, 0.29) is 12.3 Å². The first-order chi connectivity index (χ1) is 10.5. The van der Waals surface area contributed by atoms with E-state index in [1.54, 1.807) is 23.1 Å². The van der Waals surface area contributed by atoms with Crippen LogP contribution in [0.4, 0.5) is 5.69 Å². The van der Waals surface area contributed by atoms with Gasteiger partial charge in [0.25, 0.3) is 0 Å². The van der Waals surface area contributed by atoms with Crippen molar-refractivity contribution in [1.82, 2.24) is 0 Å². The molecular formula is C16H18ClNO4. The highest BCUT2D eigenvalue weighted by Gasteiger charge is 2.38. The summed E-state index contributed by atoms with van der Waals surface area (Å²) in [4.78, 5) is 38.5. The molecule has 1 aromatic rings. The maximum atomic E-state index is 12.6. The number of methoxy groups -OCH3 is 1. The first-order valence-corrected chi connectivity index (χ1v) is 7.59. The molecule has 0 fully saturated rings. The molecule has 5 nitrogen and oxygen atoms in total. The zero-order chi connectivity index (χ0) is 16.3. The molecule has 0 bridgehead atoms. The number of esters is 1. The highest BCUT2D eigenvalue weighted by atomic mass is 35.5. The Morgan fingerprint density at radius 1 is 1.41 bits per heavy atom. The molecule has 0 N–H and O–H groups in total. The van der Waals surface area contributed by atoms with E-state index < -0.39 is 17.7 Å². The van der Waals surface area contributed by atoms with E-state index in [9.17, 15) is 14.4 Å². The van der Waals surface area contributed by atoms with Crippen molar-refractivity contribution in [2.45, 2.75) is 26.2 Å². The number of hydrogen-bond donors (Lipinski definition) is 0. The van der Waals surface area contributed by atoms with Crippen LogP contribution in [-0.2, 0) is 14.3 Å². The van der Waals surface area contributed by atoms with Crippen molar-refractivity contribution in [2.24, 2.45) is 5.92 Å². The van der Waals surface area contributed by atoms with Gasteiger partial charge in [-0.3, -0.25) is 14.4 Å². The summed E-state index contributed by atoms with van der Waals surface area (Å²) >= 11 is 6.01. The monoisotopic (exact) mass is 323 g/mol. The van der Waals surface area contributed by atoms with E-state index in [0.717, 1.165) is 12.8 Å². The third-order valence-corrected chi connectivity index (χ3v) is 3.97. The van der Waals surface area contributed by atoms with Crippen LogP contribution in [0.1, 0.15) is 36.5 Å². The standard InChI is InChI=1S/C16H18ClNO4/c1-3-4-7-18-13-8-10(17)5-6-11(13)15(20)12(9-14(18)19)16(21)22-2/h5-6,8,12H,3-4,7,9H2,1-2H3. The first-order valence-electron chi connectivity index (χ1n) is 7.21. The van der Waals surface area contributed by atoms with Crippen LogP contribution in [0.2, 0.25) is 5.02 Å². The first kappa shape index (κ1) is 16.5. The molecule has 1 amide bonds. The SMILES string of the molecule is CCCCN1C(=O)CC(C(=O)OC)C(=O)c2ccc(Cl)cc21. The number of benzene rings is 1. The predicted molar refractivity (Wildman–Crippen MR) is 83.2 cm³/mol. The average molecular weight is 324 g/mol. The minimum absolute atomic E-state index is 0.179. The van der Waals surface area contributed by atoms with E-state index in [4.69, 9.17) is 11.6 Å². The fourth-order valence-electron chi connectivity index (χ4n) is 2.53. The molecule has 1 aliphatic rings. The van der Waals surface area contributed by atoms with Crippen LogP contribution in [0, 0.1) is 5.92 Å². The molecule has 22 heavy (non-hydrogen) atoms. The van der Waals surface area contributed by atoms with E-state index in [2.05, 4.69) is 4.74 Å². The third-order valence-electron chi connectivity index (χ3n) is 3.73. The Morgan fingerprint density at radius 2 is 2.14 bits per heavy atom. The Bertz CT molecular complexity index is 614. The van der Waals surface area contributed by atoms with Crippen LogP contribution < -0.4 is 4.90 Å². The van der Waals surface area contributed by atoms with E-state index in [1.165, 1.54) is 7.11 Å². The van der Waals surface area contributed by atoms with Crippen molar-refractivity contribution in [3.8, 4) is 0 Å². The van der Waals surface area contributed by atoms with Gasteiger partial charge in [0, 0.05) is 23.6 Å². The molecule has 1 unspecified atom stereocenters. The second kappa shape index (κ2) is 6.92. The molecule has 1 aliphatic heterocycles. The van der Waals surface area contributed by atoms with E-state index in [1.807, 2.05) is 6.92 Å². The highest BCUT2D eigenvalue weighted by molar-refractivity contribution is 6.31. The second-order valence-electron chi connectivity index (χ2n) is 5.20. The molecule has 2 rings (SSSR count). The summed E-state index contributed by atoms with van der Waals surface area (Å²) in [6.45, 7) is 2.51. The van der Waals surface area contributed by atoms with Crippen molar-refractivity contribution in [1.29, 1.82) is 0 Å². The molecule has 6 heteroatoms. The van der Waals surface area contributed by atoms with Crippen LogP contribution in [0.25, 0.3) is 0 Å². The number of rotatable bonds is 4. The molecule has 1 heterocycles. The number of ether oxygens (including phenoxy) is 1. The number of carbonyl (C=O) groups excluding carboxylic acids is 3. The van der Waals surface area contributed by atoms with Crippen molar-refractivity contribution < 1.29 is 19.1 Å². The maximum Gasteiger partial charge on any atom is 0.317 e. The number of anilines is 1. The van der Waals surface area contributed by atoms with Crippen LogP contribution >= 0.6 is 11.6 Å². The second-order valence-corrected chi connectivity index (χ2v) is 5.64. The Hall–Kier alpha value is -1.88. The number of carbonyl (C=O) groups is 3. The van der Waals surface area contributed by atoms with Crippen LogP contribution in [-0.4, -0.2) is 31.3 Å². The average Bonchev–Trinajstić information content (AvgIpc) is 2.60. The topological polar surface area (TPSA) is 63.7 Å². The largest absolute Gasteiger partial charge is 0.468 e. The number of hydrogen-bond acceptors (Lipinski definition) is 4. The lowest BCUT2D eigenvalue weighted by Gasteiger charge is -2.22. The van der Waals surface area contributed by atoms with Gasteiger partial charge in [-0.05, 0) is 24.6 Å². The molecule has 0 aromatic heterocycles. The summed E-state index contributed by atoms with van der Waals surface area (Å²) in [7, 11) is 1.21. The smallest absolute Gasteiger partial charge is 0.317 e. The Morgan fingerprint density at radius 3 is 2.77 bits per heavy atom. The lowest BCUT2D eigenvalue weighted by molar-refractivity contribution is -0.145. The van der Waals surface area contributed by atoms with Crippen LogP contribution in [0.3, 0.4) is 0 Å². The fraction of sp³-hybridized carbons (Fsp3) is 0.438. The molecule has 1 aromatic carbocycles. The summed E-state index contributed by atoms with van der Waals surface area (Å²) in [6.07, 6.45) is 1.53. The number of amides is 1. The Kier molecular flexibility index (Phi) is 5.19. The third kappa shape index (κ3) is 3.14. The van der Waals surface area contributed by atoms with Gasteiger partial charge in [-0.2, -0.15) is 0 Å².